The smallest absolute Gasteiger partial charge is 0.269 e. The van der Waals surface area contributed by atoms with Crippen LogP contribution in [0.15, 0.2) is 45.9 Å². The van der Waals surface area contributed by atoms with Crippen molar-refractivity contribution in [3.63, 3.8) is 0 Å². The Balaban J connectivity index is 1.72. The van der Waals surface area contributed by atoms with Crippen molar-refractivity contribution in [2.75, 3.05) is 5.32 Å². The van der Waals surface area contributed by atoms with Gasteiger partial charge in [0.15, 0.2) is 0 Å². The number of anilines is 1. The number of furan rings is 1. The SMILES string of the molecule is Cc1ccc(C=NNC(=O)CCC(=O)Nc2ccc([N+](=O)[O-])cc2)o1. The maximum atomic E-state index is 11.8. The topological polar surface area (TPSA) is 127 Å². The van der Waals surface area contributed by atoms with Gasteiger partial charge in [-0.3, -0.25) is 19.7 Å². The molecule has 9 nitrogen and oxygen atoms in total. The van der Waals surface area contributed by atoms with E-state index in [0.717, 1.165) is 5.76 Å². The van der Waals surface area contributed by atoms with Crippen LogP contribution in [0.4, 0.5) is 11.4 Å². The van der Waals surface area contributed by atoms with E-state index in [1.165, 1.54) is 30.5 Å². The Bertz CT molecular complexity index is 795. The number of carbonyl (C=O) groups excluding carboxylic acids is 2. The third-order valence-electron chi connectivity index (χ3n) is 3.08. The number of non-ortho nitro benzene ring substituents is 1. The van der Waals surface area contributed by atoms with Gasteiger partial charge in [0.05, 0.1) is 11.1 Å². The van der Waals surface area contributed by atoms with Crippen LogP contribution in [0.2, 0.25) is 0 Å². The second-order valence-corrected chi connectivity index (χ2v) is 5.09. The van der Waals surface area contributed by atoms with E-state index in [1.54, 1.807) is 19.1 Å². The first-order valence-electron chi connectivity index (χ1n) is 7.36. The molecular weight excluding hydrogens is 328 g/mol. The van der Waals surface area contributed by atoms with Crippen molar-refractivity contribution in [3.05, 3.63) is 58.0 Å². The summed E-state index contributed by atoms with van der Waals surface area (Å²) in [5.74, 6) is 0.442. The molecule has 9 heteroatoms. The van der Waals surface area contributed by atoms with Crippen molar-refractivity contribution >= 4 is 29.4 Å². The lowest BCUT2D eigenvalue weighted by Crippen LogP contribution is -2.20. The van der Waals surface area contributed by atoms with E-state index in [4.69, 9.17) is 4.42 Å². The Kier molecular flexibility index (Phi) is 5.99. The fourth-order valence-electron chi connectivity index (χ4n) is 1.86. The van der Waals surface area contributed by atoms with Crippen molar-refractivity contribution in [1.82, 2.24) is 5.43 Å². The van der Waals surface area contributed by atoms with Gasteiger partial charge in [-0.15, -0.1) is 0 Å². The minimum atomic E-state index is -0.527. The number of carbonyl (C=O) groups is 2. The molecule has 25 heavy (non-hydrogen) atoms. The molecule has 0 saturated carbocycles. The van der Waals surface area contributed by atoms with Gasteiger partial charge in [-0.2, -0.15) is 5.10 Å². The van der Waals surface area contributed by atoms with E-state index < -0.39 is 10.8 Å². The number of hydrazone groups is 1. The van der Waals surface area contributed by atoms with E-state index in [9.17, 15) is 19.7 Å². The number of benzene rings is 1. The predicted octanol–water partition coefficient (Wildman–Crippen LogP) is 2.37. The highest BCUT2D eigenvalue weighted by Crippen LogP contribution is 2.15. The number of aryl methyl sites for hydroxylation is 1. The zero-order chi connectivity index (χ0) is 18.2. The van der Waals surface area contributed by atoms with Gasteiger partial charge >= 0.3 is 0 Å². The van der Waals surface area contributed by atoms with Gasteiger partial charge in [0.1, 0.15) is 11.5 Å². The van der Waals surface area contributed by atoms with Crippen LogP contribution >= 0.6 is 0 Å². The lowest BCUT2D eigenvalue weighted by atomic mass is 10.2. The summed E-state index contributed by atoms with van der Waals surface area (Å²) in [6, 6.07) is 8.90. The fourth-order valence-corrected chi connectivity index (χ4v) is 1.86. The largest absolute Gasteiger partial charge is 0.460 e. The third kappa shape index (κ3) is 5.90. The van der Waals surface area contributed by atoms with Crippen molar-refractivity contribution < 1.29 is 18.9 Å². The Morgan fingerprint density at radius 3 is 2.44 bits per heavy atom. The normalized spacial score (nSPS) is 10.6. The molecule has 0 aliphatic rings. The van der Waals surface area contributed by atoms with Crippen molar-refractivity contribution in [1.29, 1.82) is 0 Å². The van der Waals surface area contributed by atoms with Crippen LogP contribution < -0.4 is 10.7 Å². The van der Waals surface area contributed by atoms with Crippen LogP contribution in [0.3, 0.4) is 0 Å². The van der Waals surface area contributed by atoms with E-state index in [1.807, 2.05) is 0 Å². The molecule has 2 N–H and O–H groups in total. The molecule has 0 saturated heterocycles. The van der Waals surface area contributed by atoms with Crippen LogP contribution in [-0.4, -0.2) is 23.0 Å². The molecular formula is C16H16N4O5. The summed E-state index contributed by atoms with van der Waals surface area (Å²) in [5, 5.41) is 16.8. The quantitative estimate of drug-likeness (QED) is 0.453. The van der Waals surface area contributed by atoms with Gasteiger partial charge in [0, 0.05) is 30.7 Å². The standard InChI is InChI=1S/C16H16N4O5/c1-11-2-7-14(25-11)10-17-19-16(22)9-8-15(21)18-12-3-5-13(6-4-12)20(23)24/h2-7,10H,8-9H2,1H3,(H,18,21)(H,19,22). The molecule has 1 aromatic carbocycles. The zero-order valence-corrected chi connectivity index (χ0v) is 13.4. The van der Waals surface area contributed by atoms with Crippen LogP contribution in [0.25, 0.3) is 0 Å². The van der Waals surface area contributed by atoms with Crippen LogP contribution in [0.5, 0.6) is 0 Å². The highest BCUT2D eigenvalue weighted by molar-refractivity contribution is 5.93. The maximum Gasteiger partial charge on any atom is 0.269 e. The summed E-state index contributed by atoms with van der Waals surface area (Å²) in [6.07, 6.45) is 1.27. The molecule has 2 amide bonds. The van der Waals surface area contributed by atoms with Crippen molar-refractivity contribution in [2.45, 2.75) is 19.8 Å². The highest BCUT2D eigenvalue weighted by Gasteiger charge is 2.08. The average Bonchev–Trinajstić information content (AvgIpc) is 2.99. The van der Waals surface area contributed by atoms with Gasteiger partial charge in [0.2, 0.25) is 11.8 Å². The molecule has 2 rings (SSSR count). The first-order valence-corrected chi connectivity index (χ1v) is 7.36. The summed E-state index contributed by atoms with van der Waals surface area (Å²) in [6.45, 7) is 1.79. The Hall–Kier alpha value is -3.49. The first-order chi connectivity index (χ1) is 11.9. The van der Waals surface area contributed by atoms with Gasteiger partial charge in [0.25, 0.3) is 5.69 Å². The molecule has 2 aromatic rings. The van der Waals surface area contributed by atoms with Gasteiger partial charge in [-0.1, -0.05) is 0 Å². The number of hydrogen-bond donors (Lipinski definition) is 2. The third-order valence-corrected chi connectivity index (χ3v) is 3.08. The Morgan fingerprint density at radius 1 is 1.16 bits per heavy atom. The van der Waals surface area contributed by atoms with Crippen molar-refractivity contribution in [2.24, 2.45) is 5.10 Å². The minimum absolute atomic E-state index is 0.0435. The molecule has 130 valence electrons. The summed E-state index contributed by atoms with van der Waals surface area (Å²) < 4.78 is 5.25. The molecule has 0 aliphatic heterocycles. The minimum Gasteiger partial charge on any atom is -0.460 e. The lowest BCUT2D eigenvalue weighted by molar-refractivity contribution is -0.384. The Morgan fingerprint density at radius 2 is 1.84 bits per heavy atom. The van der Waals surface area contributed by atoms with E-state index in [0.29, 0.717) is 11.4 Å². The van der Waals surface area contributed by atoms with Gasteiger partial charge in [-0.05, 0) is 31.2 Å². The predicted molar refractivity (Wildman–Crippen MR) is 90.1 cm³/mol. The van der Waals surface area contributed by atoms with E-state index in [2.05, 4.69) is 15.8 Å². The number of hydrogen-bond acceptors (Lipinski definition) is 6. The molecule has 0 radical (unpaired) electrons. The maximum absolute atomic E-state index is 11.8. The second kappa shape index (κ2) is 8.39. The lowest BCUT2D eigenvalue weighted by Gasteiger charge is -2.04. The summed E-state index contributed by atoms with van der Waals surface area (Å²) in [7, 11) is 0. The van der Waals surface area contributed by atoms with E-state index in [-0.39, 0.29) is 24.4 Å². The number of nitrogens with zero attached hydrogens (tertiary/aromatic N) is 2. The summed E-state index contributed by atoms with van der Waals surface area (Å²) in [5.41, 5.74) is 2.65. The fraction of sp³-hybridized carbons (Fsp3) is 0.188. The zero-order valence-electron chi connectivity index (χ0n) is 13.4. The molecule has 1 aromatic heterocycles. The Labute approximate surface area is 142 Å². The van der Waals surface area contributed by atoms with Crippen LogP contribution in [0, 0.1) is 17.0 Å². The molecule has 1 heterocycles. The van der Waals surface area contributed by atoms with E-state index >= 15 is 0 Å². The average molecular weight is 344 g/mol. The second-order valence-electron chi connectivity index (χ2n) is 5.09. The van der Waals surface area contributed by atoms with Gasteiger partial charge < -0.3 is 9.73 Å². The number of rotatable bonds is 7. The van der Waals surface area contributed by atoms with Crippen LogP contribution in [0.1, 0.15) is 24.4 Å². The molecule has 0 unspecified atom stereocenters. The molecule has 0 spiro atoms. The number of nitro benzene ring substituents is 1. The van der Waals surface area contributed by atoms with Crippen molar-refractivity contribution in [3.8, 4) is 0 Å². The molecule has 0 bridgehead atoms. The summed E-state index contributed by atoms with van der Waals surface area (Å²) >= 11 is 0. The number of amides is 2. The van der Waals surface area contributed by atoms with Crippen LogP contribution in [-0.2, 0) is 9.59 Å². The number of nitro groups is 1. The summed E-state index contributed by atoms with van der Waals surface area (Å²) in [4.78, 5) is 33.4. The van der Waals surface area contributed by atoms with Gasteiger partial charge in [-0.25, -0.2) is 5.43 Å². The monoisotopic (exact) mass is 344 g/mol. The highest BCUT2D eigenvalue weighted by atomic mass is 16.6. The number of nitrogens with one attached hydrogen (secondary N) is 2. The molecule has 0 aliphatic carbocycles. The molecule has 0 atom stereocenters. The molecule has 0 fully saturated rings. The first kappa shape index (κ1) is 17.9.